The number of morpholine rings is 1. The van der Waals surface area contributed by atoms with Crippen LogP contribution in [0, 0.1) is 0 Å². The predicted molar refractivity (Wildman–Crippen MR) is 101 cm³/mol. The number of rotatable bonds is 2. The summed E-state index contributed by atoms with van der Waals surface area (Å²) in [5.74, 6) is -0.826. The Morgan fingerprint density at radius 1 is 1.07 bits per heavy atom. The van der Waals surface area contributed by atoms with Gasteiger partial charge in [0.1, 0.15) is 11.8 Å². The zero-order valence-electron chi connectivity index (χ0n) is 16.6. The summed E-state index contributed by atoms with van der Waals surface area (Å²) in [5, 5.41) is 0. The lowest BCUT2D eigenvalue weighted by molar-refractivity contribution is -0.141. The van der Waals surface area contributed by atoms with Crippen LogP contribution in [0.5, 0.6) is 0 Å². The molecule has 2 aliphatic heterocycles. The second kappa shape index (κ2) is 8.19. The fraction of sp³-hybridized carbons (Fsp3) is 0.619. The molecule has 6 nitrogen and oxygen atoms in total. The van der Waals surface area contributed by atoms with Crippen molar-refractivity contribution in [1.82, 2.24) is 9.80 Å². The highest BCUT2D eigenvalue weighted by molar-refractivity contribution is 5.98. The average molecular weight is 426 g/mol. The van der Waals surface area contributed by atoms with Crippen LogP contribution in [0.25, 0.3) is 0 Å². The molecule has 0 N–H and O–H groups in total. The van der Waals surface area contributed by atoms with Crippen LogP contribution in [-0.4, -0.2) is 66.3 Å². The third kappa shape index (κ3) is 3.92. The van der Waals surface area contributed by atoms with Gasteiger partial charge in [-0.15, -0.1) is 0 Å². The molecule has 2 heterocycles. The minimum absolute atomic E-state index is 0.0564. The number of carbonyl (C=O) groups excluding carboxylic acids is 2. The molecular weight excluding hydrogens is 401 g/mol. The molecule has 3 fully saturated rings. The summed E-state index contributed by atoms with van der Waals surface area (Å²) in [5.41, 5.74) is -1.90. The first-order chi connectivity index (χ1) is 14.3. The lowest BCUT2D eigenvalue weighted by Gasteiger charge is -2.42. The van der Waals surface area contributed by atoms with E-state index in [0.717, 1.165) is 31.4 Å². The fourth-order valence-electron chi connectivity index (χ4n) is 4.62. The number of amides is 2. The molecule has 3 aliphatic rings. The SMILES string of the molecule is O=C(C1COC2(CCCCC2)N1C(=O)c1cccc(C(F)(F)F)c1)N1CCOCC1. The maximum Gasteiger partial charge on any atom is 0.416 e. The number of ether oxygens (including phenoxy) is 2. The molecule has 0 bridgehead atoms. The van der Waals surface area contributed by atoms with Crippen LogP contribution < -0.4 is 0 Å². The van der Waals surface area contributed by atoms with Crippen LogP contribution >= 0.6 is 0 Å². The molecule has 30 heavy (non-hydrogen) atoms. The molecule has 0 aromatic heterocycles. The third-order valence-electron chi connectivity index (χ3n) is 6.16. The van der Waals surface area contributed by atoms with Gasteiger partial charge >= 0.3 is 6.18 Å². The number of hydrogen-bond donors (Lipinski definition) is 0. The van der Waals surface area contributed by atoms with Crippen LogP contribution in [0.3, 0.4) is 0 Å². The maximum atomic E-state index is 13.5. The smallest absolute Gasteiger partial charge is 0.378 e. The van der Waals surface area contributed by atoms with Crippen molar-refractivity contribution in [2.45, 2.75) is 50.0 Å². The summed E-state index contributed by atoms with van der Waals surface area (Å²) in [6.07, 6.45) is -0.729. The van der Waals surface area contributed by atoms with E-state index in [-0.39, 0.29) is 18.1 Å². The predicted octanol–water partition coefficient (Wildman–Crippen LogP) is 3.07. The lowest BCUT2D eigenvalue weighted by atomic mass is 9.89. The lowest BCUT2D eigenvalue weighted by Crippen LogP contribution is -2.58. The topological polar surface area (TPSA) is 59.1 Å². The maximum absolute atomic E-state index is 13.5. The van der Waals surface area contributed by atoms with Crippen molar-refractivity contribution in [1.29, 1.82) is 0 Å². The Labute approximate surface area is 172 Å². The van der Waals surface area contributed by atoms with E-state index in [1.54, 1.807) is 4.90 Å². The van der Waals surface area contributed by atoms with E-state index in [2.05, 4.69) is 0 Å². The number of benzene rings is 1. The van der Waals surface area contributed by atoms with Crippen molar-refractivity contribution < 1.29 is 32.2 Å². The molecular formula is C21H25F3N2O4. The summed E-state index contributed by atoms with van der Waals surface area (Å²) in [6.45, 7) is 1.75. The number of hydrogen-bond acceptors (Lipinski definition) is 4. The molecule has 1 aromatic carbocycles. The van der Waals surface area contributed by atoms with Gasteiger partial charge in [-0.2, -0.15) is 13.2 Å². The van der Waals surface area contributed by atoms with Crippen LogP contribution in [0.1, 0.15) is 48.0 Å². The Bertz CT molecular complexity index is 802. The Balaban J connectivity index is 1.67. The van der Waals surface area contributed by atoms with Gasteiger partial charge in [0.25, 0.3) is 5.91 Å². The normalized spacial score (nSPS) is 24.3. The fourth-order valence-corrected chi connectivity index (χ4v) is 4.62. The van der Waals surface area contributed by atoms with Gasteiger partial charge < -0.3 is 14.4 Å². The molecule has 1 unspecified atom stereocenters. The molecule has 1 atom stereocenters. The summed E-state index contributed by atoms with van der Waals surface area (Å²) >= 11 is 0. The van der Waals surface area contributed by atoms with Crippen molar-refractivity contribution >= 4 is 11.8 Å². The van der Waals surface area contributed by atoms with Gasteiger partial charge in [0.2, 0.25) is 5.91 Å². The van der Waals surface area contributed by atoms with E-state index in [0.29, 0.717) is 39.1 Å². The van der Waals surface area contributed by atoms with Gasteiger partial charge in [-0.25, -0.2) is 0 Å². The Kier molecular flexibility index (Phi) is 5.76. The van der Waals surface area contributed by atoms with Gasteiger partial charge in [0.05, 0.1) is 25.4 Å². The Hall–Kier alpha value is -2.13. The van der Waals surface area contributed by atoms with E-state index >= 15 is 0 Å². The van der Waals surface area contributed by atoms with Crippen LogP contribution in [-0.2, 0) is 20.4 Å². The summed E-state index contributed by atoms with van der Waals surface area (Å²) < 4.78 is 50.9. The second-order valence-electron chi connectivity index (χ2n) is 8.03. The van der Waals surface area contributed by atoms with E-state index < -0.39 is 29.4 Å². The quantitative estimate of drug-likeness (QED) is 0.730. The van der Waals surface area contributed by atoms with Crippen molar-refractivity contribution in [2.24, 2.45) is 0 Å². The van der Waals surface area contributed by atoms with E-state index in [1.165, 1.54) is 17.0 Å². The highest BCUT2D eigenvalue weighted by atomic mass is 19.4. The molecule has 164 valence electrons. The van der Waals surface area contributed by atoms with E-state index in [9.17, 15) is 22.8 Å². The molecule has 2 saturated heterocycles. The van der Waals surface area contributed by atoms with Crippen LogP contribution in [0.4, 0.5) is 13.2 Å². The van der Waals surface area contributed by atoms with Crippen LogP contribution in [0.15, 0.2) is 24.3 Å². The summed E-state index contributed by atoms with van der Waals surface area (Å²) in [4.78, 5) is 29.8. The molecule has 1 aliphatic carbocycles. The third-order valence-corrected chi connectivity index (χ3v) is 6.16. The molecule has 1 spiro atoms. The Morgan fingerprint density at radius 2 is 1.77 bits per heavy atom. The number of carbonyl (C=O) groups is 2. The summed E-state index contributed by atoms with van der Waals surface area (Å²) in [6, 6.07) is 3.53. The first kappa shape index (κ1) is 21.1. The zero-order chi connectivity index (χ0) is 21.4. The minimum atomic E-state index is -4.55. The van der Waals surface area contributed by atoms with Gasteiger partial charge in [-0.05, 0) is 43.9 Å². The Morgan fingerprint density at radius 3 is 2.43 bits per heavy atom. The number of nitrogens with zero attached hydrogens (tertiary/aromatic N) is 2. The summed E-state index contributed by atoms with van der Waals surface area (Å²) in [7, 11) is 0. The highest BCUT2D eigenvalue weighted by Crippen LogP contribution is 2.42. The average Bonchev–Trinajstić information content (AvgIpc) is 3.11. The van der Waals surface area contributed by atoms with Crippen molar-refractivity contribution in [3.8, 4) is 0 Å². The van der Waals surface area contributed by atoms with Crippen molar-refractivity contribution in [2.75, 3.05) is 32.9 Å². The molecule has 9 heteroatoms. The molecule has 2 amide bonds. The first-order valence-electron chi connectivity index (χ1n) is 10.3. The largest absolute Gasteiger partial charge is 0.416 e. The van der Waals surface area contributed by atoms with E-state index in [4.69, 9.17) is 9.47 Å². The van der Waals surface area contributed by atoms with E-state index in [1.807, 2.05) is 0 Å². The van der Waals surface area contributed by atoms with Crippen molar-refractivity contribution in [3.63, 3.8) is 0 Å². The first-order valence-corrected chi connectivity index (χ1v) is 10.3. The standard InChI is InChI=1S/C21H25F3N2O4/c22-21(23,24)16-6-4-5-15(13-16)18(27)26-17(19(28)25-9-11-29-12-10-25)14-30-20(26)7-2-1-3-8-20/h4-6,13,17H,1-3,7-12,14H2. The van der Waals surface area contributed by atoms with Crippen LogP contribution in [0.2, 0.25) is 0 Å². The minimum Gasteiger partial charge on any atom is -0.378 e. The molecule has 1 saturated carbocycles. The van der Waals surface area contributed by atoms with Gasteiger partial charge in [0.15, 0.2) is 0 Å². The van der Waals surface area contributed by atoms with Crippen molar-refractivity contribution in [3.05, 3.63) is 35.4 Å². The molecule has 4 rings (SSSR count). The van der Waals surface area contributed by atoms with Gasteiger partial charge in [0, 0.05) is 18.7 Å². The second-order valence-corrected chi connectivity index (χ2v) is 8.03. The number of halogens is 3. The number of alkyl halides is 3. The molecule has 1 aromatic rings. The van der Waals surface area contributed by atoms with Gasteiger partial charge in [-0.3, -0.25) is 14.5 Å². The van der Waals surface area contributed by atoms with Gasteiger partial charge in [-0.1, -0.05) is 12.5 Å². The molecule has 0 radical (unpaired) electrons. The zero-order valence-corrected chi connectivity index (χ0v) is 16.6. The highest BCUT2D eigenvalue weighted by Gasteiger charge is 2.53. The monoisotopic (exact) mass is 426 g/mol.